The van der Waals surface area contributed by atoms with Gasteiger partial charge in [-0.1, -0.05) is 29.1 Å². The molecule has 0 aliphatic carbocycles. The summed E-state index contributed by atoms with van der Waals surface area (Å²) in [5.74, 6) is 5.82. The zero-order chi connectivity index (χ0) is 11.8. The van der Waals surface area contributed by atoms with Gasteiger partial charge in [-0.3, -0.25) is 5.41 Å². The molecule has 0 atom stereocenters. The molecule has 0 aromatic heterocycles. The molecule has 80 valence electrons. The van der Waals surface area contributed by atoms with E-state index in [0.29, 0.717) is 18.5 Å². The fourth-order valence-corrected chi connectivity index (χ4v) is 1.08. The maximum Gasteiger partial charge on any atom is 0.122 e. The molecule has 0 unspecified atom stereocenters. The van der Waals surface area contributed by atoms with Crippen LogP contribution in [0.3, 0.4) is 0 Å². The van der Waals surface area contributed by atoms with E-state index in [-0.39, 0.29) is 5.84 Å². The molecule has 0 aliphatic rings. The normalized spacial score (nSPS) is 8.50. The zero-order valence-corrected chi connectivity index (χ0v) is 8.64. The average molecular weight is 213 g/mol. The van der Waals surface area contributed by atoms with Crippen LogP contribution in [0.25, 0.3) is 10.4 Å². The Morgan fingerprint density at radius 2 is 2.38 bits per heavy atom. The van der Waals surface area contributed by atoms with Gasteiger partial charge >= 0.3 is 0 Å². The van der Waals surface area contributed by atoms with Gasteiger partial charge in [-0.2, -0.15) is 0 Å². The lowest BCUT2D eigenvalue weighted by molar-refractivity contribution is 1.01. The molecule has 0 amide bonds. The average Bonchev–Trinajstić information content (AvgIpc) is 2.29. The summed E-state index contributed by atoms with van der Waals surface area (Å²) in [6, 6.07) is 7.15. The first-order valence-electron chi connectivity index (χ1n) is 4.68. The van der Waals surface area contributed by atoms with Gasteiger partial charge in [-0.05, 0) is 17.7 Å². The third-order valence-corrected chi connectivity index (χ3v) is 1.81. The summed E-state index contributed by atoms with van der Waals surface area (Å²) in [5.41, 5.74) is 14.9. The van der Waals surface area contributed by atoms with Crippen molar-refractivity contribution in [1.82, 2.24) is 0 Å². The predicted molar refractivity (Wildman–Crippen MR) is 63.0 cm³/mol. The maximum absolute atomic E-state index is 8.05. The van der Waals surface area contributed by atoms with Crippen LogP contribution in [-0.2, 0) is 0 Å². The van der Waals surface area contributed by atoms with Crippen molar-refractivity contribution < 1.29 is 0 Å². The van der Waals surface area contributed by atoms with Crippen molar-refractivity contribution in [2.45, 2.75) is 6.42 Å². The largest absolute Gasteiger partial charge is 0.384 e. The highest BCUT2D eigenvalue weighted by Crippen LogP contribution is 2.02. The Kier molecular flexibility index (Phi) is 4.45. The Morgan fingerprint density at radius 1 is 1.56 bits per heavy atom. The van der Waals surface area contributed by atoms with Gasteiger partial charge in [-0.25, -0.2) is 0 Å². The van der Waals surface area contributed by atoms with E-state index in [1.165, 1.54) is 0 Å². The molecule has 1 aromatic rings. The Hall–Kier alpha value is -2.44. The monoisotopic (exact) mass is 213 g/mol. The molecule has 0 spiro atoms. The van der Waals surface area contributed by atoms with Gasteiger partial charge in [0.05, 0.1) is 0 Å². The van der Waals surface area contributed by atoms with Crippen LogP contribution in [0.15, 0.2) is 29.4 Å². The summed E-state index contributed by atoms with van der Waals surface area (Å²) in [6.45, 7) is 0.371. The number of nitrogens with zero attached hydrogens (tertiary/aromatic N) is 3. The van der Waals surface area contributed by atoms with Gasteiger partial charge in [0.1, 0.15) is 5.84 Å². The Morgan fingerprint density at radius 3 is 3.06 bits per heavy atom. The summed E-state index contributed by atoms with van der Waals surface area (Å²) >= 11 is 0. The quantitative estimate of drug-likeness (QED) is 0.150. The number of nitrogens with two attached hydrogens (primary N) is 1. The molecule has 0 aliphatic heterocycles. The van der Waals surface area contributed by atoms with Gasteiger partial charge in [0.25, 0.3) is 0 Å². The molecule has 0 fully saturated rings. The van der Waals surface area contributed by atoms with Crippen molar-refractivity contribution in [3.63, 3.8) is 0 Å². The summed E-state index contributed by atoms with van der Waals surface area (Å²) in [7, 11) is 0. The molecular formula is C11H11N5. The number of hydrogen-bond acceptors (Lipinski definition) is 2. The van der Waals surface area contributed by atoms with E-state index in [4.69, 9.17) is 16.7 Å². The molecule has 16 heavy (non-hydrogen) atoms. The minimum absolute atomic E-state index is 0.0257. The van der Waals surface area contributed by atoms with Gasteiger partial charge in [0, 0.05) is 29.0 Å². The minimum Gasteiger partial charge on any atom is -0.384 e. The van der Waals surface area contributed by atoms with Crippen molar-refractivity contribution in [3.05, 3.63) is 45.8 Å². The molecule has 0 saturated carbocycles. The number of rotatable bonds is 3. The van der Waals surface area contributed by atoms with Crippen LogP contribution in [-0.4, -0.2) is 12.4 Å². The van der Waals surface area contributed by atoms with Crippen molar-refractivity contribution in [3.8, 4) is 11.8 Å². The van der Waals surface area contributed by atoms with E-state index in [1.807, 2.05) is 6.07 Å². The van der Waals surface area contributed by atoms with Gasteiger partial charge in [-0.15, -0.1) is 0 Å². The number of amidine groups is 1. The molecule has 1 rings (SSSR count). The fraction of sp³-hybridized carbons (Fsp3) is 0.182. The van der Waals surface area contributed by atoms with Crippen molar-refractivity contribution >= 4 is 5.84 Å². The van der Waals surface area contributed by atoms with Gasteiger partial charge in [0.2, 0.25) is 0 Å². The lowest BCUT2D eigenvalue weighted by atomic mass is 10.1. The SMILES string of the molecule is [N-]=[N+]=NCCC#Cc1cccc(C(=N)N)c1. The van der Waals surface area contributed by atoms with Crippen LogP contribution in [0, 0.1) is 17.3 Å². The van der Waals surface area contributed by atoms with Crippen LogP contribution >= 0.6 is 0 Å². The highest BCUT2D eigenvalue weighted by Gasteiger charge is 1.95. The smallest absolute Gasteiger partial charge is 0.122 e. The van der Waals surface area contributed by atoms with Crippen molar-refractivity contribution in [2.75, 3.05) is 6.54 Å². The third kappa shape index (κ3) is 3.74. The molecular weight excluding hydrogens is 202 g/mol. The molecule has 0 saturated heterocycles. The van der Waals surface area contributed by atoms with E-state index < -0.39 is 0 Å². The van der Waals surface area contributed by atoms with Crippen LogP contribution in [0.4, 0.5) is 0 Å². The summed E-state index contributed by atoms with van der Waals surface area (Å²) < 4.78 is 0. The van der Waals surface area contributed by atoms with Crippen molar-refractivity contribution in [2.24, 2.45) is 10.8 Å². The number of hydrogen-bond donors (Lipinski definition) is 2. The highest BCUT2D eigenvalue weighted by molar-refractivity contribution is 5.95. The Labute approximate surface area is 93.4 Å². The zero-order valence-electron chi connectivity index (χ0n) is 8.64. The molecule has 5 nitrogen and oxygen atoms in total. The van der Waals surface area contributed by atoms with Crippen LogP contribution in [0.2, 0.25) is 0 Å². The number of nitrogen functional groups attached to an aromatic ring is 1. The predicted octanol–water partition coefficient (Wildman–Crippen LogP) is 2.02. The molecule has 3 N–H and O–H groups in total. The molecule has 5 heteroatoms. The topological polar surface area (TPSA) is 98.6 Å². The first-order chi connectivity index (χ1) is 7.74. The second kappa shape index (κ2) is 6.12. The first-order valence-corrected chi connectivity index (χ1v) is 4.68. The standard InChI is InChI=1S/C11H11N5/c12-11(13)10-6-3-5-9(8-10)4-1-2-7-15-16-14/h3,5-6,8H,2,7H2,(H3,12,13). The highest BCUT2D eigenvalue weighted by atomic mass is 15.1. The molecule has 1 aromatic carbocycles. The van der Waals surface area contributed by atoms with Crippen molar-refractivity contribution in [1.29, 1.82) is 5.41 Å². The first kappa shape index (κ1) is 11.6. The van der Waals surface area contributed by atoms with E-state index in [9.17, 15) is 0 Å². The van der Waals surface area contributed by atoms with Crippen LogP contribution in [0.1, 0.15) is 17.5 Å². The molecule has 0 radical (unpaired) electrons. The molecule has 0 heterocycles. The van der Waals surface area contributed by atoms with Gasteiger partial charge in [0.15, 0.2) is 0 Å². The maximum atomic E-state index is 8.05. The van der Waals surface area contributed by atoms with E-state index >= 15 is 0 Å². The third-order valence-electron chi connectivity index (χ3n) is 1.81. The summed E-state index contributed by atoms with van der Waals surface area (Å²) in [5, 5.41) is 10.6. The van der Waals surface area contributed by atoms with Crippen LogP contribution in [0.5, 0.6) is 0 Å². The number of benzene rings is 1. The van der Waals surface area contributed by atoms with E-state index in [2.05, 4.69) is 21.9 Å². The number of azide groups is 1. The fourth-order valence-electron chi connectivity index (χ4n) is 1.08. The Balaban J connectivity index is 2.69. The summed E-state index contributed by atoms with van der Waals surface area (Å²) in [6.07, 6.45) is 0.522. The van der Waals surface area contributed by atoms with Gasteiger partial charge < -0.3 is 5.73 Å². The minimum atomic E-state index is 0.0257. The summed E-state index contributed by atoms with van der Waals surface area (Å²) in [4.78, 5) is 2.63. The number of nitrogens with one attached hydrogen (secondary N) is 1. The second-order valence-electron chi connectivity index (χ2n) is 3.00. The van der Waals surface area contributed by atoms with E-state index in [1.54, 1.807) is 18.2 Å². The van der Waals surface area contributed by atoms with Crippen LogP contribution < -0.4 is 5.73 Å². The Bertz CT molecular complexity index is 489. The lowest BCUT2D eigenvalue weighted by Crippen LogP contribution is -2.10. The lowest BCUT2D eigenvalue weighted by Gasteiger charge is -1.97. The van der Waals surface area contributed by atoms with E-state index in [0.717, 1.165) is 5.56 Å². The molecule has 0 bridgehead atoms. The second-order valence-corrected chi connectivity index (χ2v) is 3.00.